The molecule has 0 aromatic heterocycles. The molecule has 2 aromatic carbocycles. The number of carbonyl (C=O) groups excluding carboxylic acids is 1. The molecule has 0 heterocycles. The minimum atomic E-state index is -0.0770. The first-order chi connectivity index (χ1) is 12.6. The first-order valence-electron chi connectivity index (χ1n) is 8.59. The van der Waals surface area contributed by atoms with Crippen LogP contribution in [-0.2, 0) is 6.54 Å². The van der Waals surface area contributed by atoms with Crippen molar-refractivity contribution < 1.29 is 4.79 Å². The molecule has 0 saturated heterocycles. The Morgan fingerprint density at radius 2 is 1.74 bits per heavy atom. The van der Waals surface area contributed by atoms with Gasteiger partial charge in [-0.2, -0.15) is 0 Å². The lowest BCUT2D eigenvalue weighted by molar-refractivity contribution is 0.0963. The Balaban J connectivity index is 0.00000364. The number of nitrogens with zero attached hydrogens (tertiary/aromatic N) is 1. The maximum Gasteiger partial charge on any atom is 0.251 e. The van der Waals surface area contributed by atoms with E-state index in [1.807, 2.05) is 42.1 Å². The number of guanidine groups is 1. The molecule has 0 bridgehead atoms. The summed E-state index contributed by atoms with van der Waals surface area (Å²) < 4.78 is 0. The van der Waals surface area contributed by atoms with Crippen LogP contribution in [0, 0.1) is 0 Å². The van der Waals surface area contributed by atoms with Crippen LogP contribution in [0.2, 0.25) is 0 Å². The summed E-state index contributed by atoms with van der Waals surface area (Å²) in [5.41, 5.74) is 1.75. The van der Waals surface area contributed by atoms with Gasteiger partial charge in [-0.15, -0.1) is 35.7 Å². The molecular formula is C20H27IN4OS. The molecule has 7 heteroatoms. The average molecular weight is 498 g/mol. The van der Waals surface area contributed by atoms with Crippen molar-refractivity contribution in [3.63, 3.8) is 0 Å². The molecule has 0 aliphatic heterocycles. The van der Waals surface area contributed by atoms with Gasteiger partial charge in [0, 0.05) is 42.9 Å². The van der Waals surface area contributed by atoms with E-state index in [0.717, 1.165) is 18.1 Å². The highest BCUT2D eigenvalue weighted by molar-refractivity contribution is 14.0. The summed E-state index contributed by atoms with van der Waals surface area (Å²) in [6, 6.07) is 17.9. The Bertz CT molecular complexity index is 723. The molecule has 2 aromatic rings. The van der Waals surface area contributed by atoms with E-state index in [4.69, 9.17) is 0 Å². The highest BCUT2D eigenvalue weighted by Gasteiger charge is 2.06. The number of nitrogens with one attached hydrogen (secondary N) is 3. The van der Waals surface area contributed by atoms with Crippen LogP contribution in [-0.4, -0.2) is 37.8 Å². The monoisotopic (exact) mass is 498 g/mol. The van der Waals surface area contributed by atoms with Crippen molar-refractivity contribution in [1.82, 2.24) is 16.0 Å². The fraction of sp³-hybridized carbons (Fsp3) is 0.300. The van der Waals surface area contributed by atoms with Crippen LogP contribution < -0.4 is 16.0 Å². The summed E-state index contributed by atoms with van der Waals surface area (Å²) in [6.45, 7) is 3.65. The van der Waals surface area contributed by atoms with Gasteiger partial charge in [0.1, 0.15) is 0 Å². The molecule has 0 spiro atoms. The van der Waals surface area contributed by atoms with E-state index >= 15 is 0 Å². The first-order valence-corrected chi connectivity index (χ1v) is 9.47. The number of hydrogen-bond acceptors (Lipinski definition) is 3. The molecule has 27 heavy (non-hydrogen) atoms. The molecule has 1 unspecified atom stereocenters. The molecule has 0 aliphatic carbocycles. The van der Waals surface area contributed by atoms with Crippen LogP contribution in [0.3, 0.4) is 0 Å². The third-order valence-electron chi connectivity index (χ3n) is 3.76. The zero-order valence-corrected chi connectivity index (χ0v) is 19.0. The fourth-order valence-corrected chi connectivity index (χ4v) is 3.28. The molecule has 1 amide bonds. The number of amides is 1. The molecule has 1 atom stereocenters. The van der Waals surface area contributed by atoms with Gasteiger partial charge in [0.2, 0.25) is 0 Å². The van der Waals surface area contributed by atoms with Gasteiger partial charge >= 0.3 is 0 Å². The summed E-state index contributed by atoms with van der Waals surface area (Å²) in [5.74, 6) is 0.688. The van der Waals surface area contributed by atoms with Gasteiger partial charge in [-0.3, -0.25) is 9.79 Å². The normalized spacial score (nSPS) is 11.9. The highest BCUT2D eigenvalue weighted by Crippen LogP contribution is 2.21. The molecule has 0 aliphatic rings. The molecule has 0 radical (unpaired) electrons. The third-order valence-corrected chi connectivity index (χ3v) is 4.88. The Hall–Kier alpha value is -1.74. The predicted molar refractivity (Wildman–Crippen MR) is 125 cm³/mol. The number of halogens is 1. The number of thioether (sulfide) groups is 1. The Morgan fingerprint density at radius 3 is 2.33 bits per heavy atom. The summed E-state index contributed by atoms with van der Waals surface area (Å²) in [6.07, 6.45) is 0. The van der Waals surface area contributed by atoms with Crippen molar-refractivity contribution in [2.75, 3.05) is 20.6 Å². The summed E-state index contributed by atoms with van der Waals surface area (Å²) in [5, 5.41) is 9.69. The standard InChI is InChI=1S/C20H26N4OS.HI/c1-15(26-18-7-5-4-6-8-18)13-23-20(22-3)24-14-16-9-11-17(12-10-16)19(25)21-2;/h4-12,15H,13-14H2,1-3H3,(H,21,25)(H2,22,23,24);1H. The van der Waals surface area contributed by atoms with Crippen molar-refractivity contribution in [3.05, 3.63) is 65.7 Å². The molecular weight excluding hydrogens is 471 g/mol. The number of aliphatic imine (C=N–C) groups is 1. The van der Waals surface area contributed by atoms with Crippen LogP contribution in [0.1, 0.15) is 22.8 Å². The van der Waals surface area contributed by atoms with Gasteiger partial charge in [0.05, 0.1) is 0 Å². The maximum atomic E-state index is 11.6. The number of rotatable bonds is 7. The fourth-order valence-electron chi connectivity index (χ4n) is 2.34. The first kappa shape index (κ1) is 23.3. The number of carbonyl (C=O) groups is 1. The van der Waals surface area contributed by atoms with Gasteiger partial charge in [-0.1, -0.05) is 37.3 Å². The third kappa shape index (κ3) is 8.21. The van der Waals surface area contributed by atoms with Crippen molar-refractivity contribution in [2.24, 2.45) is 4.99 Å². The molecule has 0 fully saturated rings. The van der Waals surface area contributed by atoms with Gasteiger partial charge in [0.25, 0.3) is 5.91 Å². The predicted octanol–water partition coefficient (Wildman–Crippen LogP) is 3.51. The van der Waals surface area contributed by atoms with Crippen LogP contribution >= 0.6 is 35.7 Å². The largest absolute Gasteiger partial charge is 0.355 e. The zero-order valence-electron chi connectivity index (χ0n) is 15.9. The van der Waals surface area contributed by atoms with Crippen molar-refractivity contribution >= 4 is 47.6 Å². The smallest absolute Gasteiger partial charge is 0.251 e. The minimum Gasteiger partial charge on any atom is -0.355 e. The van der Waals surface area contributed by atoms with E-state index in [9.17, 15) is 4.79 Å². The van der Waals surface area contributed by atoms with Crippen molar-refractivity contribution in [2.45, 2.75) is 23.6 Å². The lowest BCUT2D eigenvalue weighted by atomic mass is 10.1. The maximum absolute atomic E-state index is 11.6. The van der Waals surface area contributed by atoms with Gasteiger partial charge in [-0.05, 0) is 29.8 Å². The molecule has 0 saturated carbocycles. The Labute approximate surface area is 182 Å². The molecule has 5 nitrogen and oxygen atoms in total. The summed E-state index contributed by atoms with van der Waals surface area (Å²) >= 11 is 1.83. The number of benzene rings is 2. The SMILES string of the molecule is CN=C(NCc1ccc(C(=O)NC)cc1)NCC(C)Sc1ccccc1.I. The second-order valence-corrected chi connectivity index (χ2v) is 7.34. The Morgan fingerprint density at radius 1 is 1.07 bits per heavy atom. The van der Waals surface area contributed by atoms with E-state index in [1.54, 1.807) is 14.1 Å². The van der Waals surface area contributed by atoms with E-state index in [1.165, 1.54) is 4.90 Å². The lowest BCUT2D eigenvalue weighted by Crippen LogP contribution is -2.39. The summed E-state index contributed by atoms with van der Waals surface area (Å²) in [4.78, 5) is 17.1. The Kier molecular flexibility index (Phi) is 10.9. The quantitative estimate of drug-likeness (QED) is 0.237. The second-order valence-electron chi connectivity index (χ2n) is 5.82. The topological polar surface area (TPSA) is 65.5 Å². The molecule has 2 rings (SSSR count). The van der Waals surface area contributed by atoms with E-state index in [0.29, 0.717) is 17.4 Å². The van der Waals surface area contributed by atoms with Crippen molar-refractivity contribution in [3.8, 4) is 0 Å². The van der Waals surface area contributed by atoms with E-state index in [-0.39, 0.29) is 29.9 Å². The van der Waals surface area contributed by atoms with Gasteiger partial charge in [-0.25, -0.2) is 0 Å². The van der Waals surface area contributed by atoms with E-state index < -0.39 is 0 Å². The average Bonchev–Trinajstić information content (AvgIpc) is 2.68. The number of hydrogen-bond donors (Lipinski definition) is 3. The van der Waals surface area contributed by atoms with Crippen LogP contribution in [0.25, 0.3) is 0 Å². The lowest BCUT2D eigenvalue weighted by Gasteiger charge is -2.16. The van der Waals surface area contributed by atoms with Crippen LogP contribution in [0.15, 0.2) is 64.5 Å². The van der Waals surface area contributed by atoms with Gasteiger partial charge < -0.3 is 16.0 Å². The van der Waals surface area contributed by atoms with Crippen LogP contribution in [0.4, 0.5) is 0 Å². The van der Waals surface area contributed by atoms with Gasteiger partial charge in [0.15, 0.2) is 5.96 Å². The molecule has 3 N–H and O–H groups in total. The van der Waals surface area contributed by atoms with Crippen LogP contribution in [0.5, 0.6) is 0 Å². The van der Waals surface area contributed by atoms with Crippen molar-refractivity contribution in [1.29, 1.82) is 0 Å². The van der Waals surface area contributed by atoms with E-state index in [2.05, 4.69) is 52.1 Å². The zero-order chi connectivity index (χ0) is 18.8. The minimum absolute atomic E-state index is 0. The highest BCUT2D eigenvalue weighted by atomic mass is 127. The second kappa shape index (κ2) is 12.6. The molecule has 146 valence electrons. The summed E-state index contributed by atoms with van der Waals surface area (Å²) in [7, 11) is 3.39.